The zero-order valence-corrected chi connectivity index (χ0v) is 19.2. The van der Waals surface area contributed by atoms with Crippen LogP contribution >= 0.6 is 34.8 Å². The number of rotatable bonds is 5. The molecule has 31 heavy (non-hydrogen) atoms. The lowest BCUT2D eigenvalue weighted by atomic mass is 10.2. The largest absolute Gasteiger partial charge is 0.363 e. The zero-order chi connectivity index (χ0) is 22.0. The fourth-order valence-electron chi connectivity index (χ4n) is 3.78. The van der Waals surface area contributed by atoms with Gasteiger partial charge in [0.2, 0.25) is 0 Å². The number of halogens is 3. The summed E-state index contributed by atoms with van der Waals surface area (Å²) in [4.78, 5) is 19.1. The average Bonchev–Trinajstić information content (AvgIpc) is 3.00. The maximum atomic E-state index is 13.2. The Morgan fingerprint density at radius 2 is 1.65 bits per heavy atom. The van der Waals surface area contributed by atoms with Crippen LogP contribution in [0.25, 0.3) is 6.08 Å². The molecule has 0 saturated carbocycles. The highest BCUT2D eigenvalue weighted by atomic mass is 35.5. The molecule has 0 atom stereocenters. The maximum absolute atomic E-state index is 13.2. The third-order valence-electron chi connectivity index (χ3n) is 5.46. The molecule has 7 heteroatoms. The number of hydrogen-bond acceptors (Lipinski definition) is 3. The second kappa shape index (κ2) is 9.49. The molecule has 2 heterocycles. The fourth-order valence-corrected chi connectivity index (χ4v) is 4.36. The molecular weight excluding hydrogens is 453 g/mol. The molecule has 4 rings (SSSR count). The van der Waals surface area contributed by atoms with Gasteiger partial charge in [-0.15, -0.1) is 0 Å². The molecule has 0 bridgehead atoms. The Balaban J connectivity index is 1.40. The highest BCUT2D eigenvalue weighted by molar-refractivity contribution is 6.42. The van der Waals surface area contributed by atoms with Crippen molar-refractivity contribution in [3.8, 4) is 0 Å². The first-order valence-corrected chi connectivity index (χ1v) is 11.2. The zero-order valence-electron chi connectivity index (χ0n) is 16.9. The molecule has 0 aliphatic carbocycles. The third-order valence-corrected chi connectivity index (χ3v) is 6.60. The molecule has 0 unspecified atom stereocenters. The van der Waals surface area contributed by atoms with Gasteiger partial charge in [0.25, 0.3) is 5.91 Å². The summed E-state index contributed by atoms with van der Waals surface area (Å²) in [5.74, 6) is -0.189. The number of nitrogens with zero attached hydrogens (tertiary/aromatic N) is 3. The molecule has 1 fully saturated rings. The van der Waals surface area contributed by atoms with Crippen molar-refractivity contribution in [2.24, 2.45) is 0 Å². The van der Waals surface area contributed by atoms with E-state index in [4.69, 9.17) is 34.8 Å². The maximum Gasteiger partial charge on any atom is 0.280 e. The molecular formula is C24H22Cl3N3O. The van der Waals surface area contributed by atoms with Gasteiger partial charge in [-0.3, -0.25) is 14.6 Å². The Kier molecular flexibility index (Phi) is 6.73. The second-order valence-corrected chi connectivity index (χ2v) is 8.64. The van der Waals surface area contributed by atoms with Crippen molar-refractivity contribution in [2.75, 3.05) is 37.6 Å². The van der Waals surface area contributed by atoms with Gasteiger partial charge in [0.05, 0.1) is 26.5 Å². The summed E-state index contributed by atoms with van der Waals surface area (Å²) >= 11 is 18.7. The lowest BCUT2D eigenvalue weighted by Crippen LogP contribution is -2.47. The molecule has 0 radical (unpaired) electrons. The van der Waals surface area contributed by atoms with E-state index < -0.39 is 0 Å². The van der Waals surface area contributed by atoms with Crippen LogP contribution in [0.5, 0.6) is 0 Å². The van der Waals surface area contributed by atoms with Crippen molar-refractivity contribution >= 4 is 52.5 Å². The molecule has 0 N–H and O–H groups in total. The molecule has 1 saturated heterocycles. The smallest absolute Gasteiger partial charge is 0.280 e. The number of piperazine rings is 1. The number of anilines is 1. The number of benzene rings is 2. The van der Waals surface area contributed by atoms with Gasteiger partial charge in [-0.1, -0.05) is 83.9 Å². The Bertz CT molecular complexity index is 1060. The number of amides is 1. The first-order valence-electron chi connectivity index (χ1n) is 10.0. The van der Waals surface area contributed by atoms with E-state index in [1.54, 1.807) is 18.2 Å². The summed E-state index contributed by atoms with van der Waals surface area (Å²) in [6, 6.07) is 15.3. The van der Waals surface area contributed by atoms with E-state index in [1.807, 2.05) is 23.1 Å². The van der Waals surface area contributed by atoms with Crippen molar-refractivity contribution in [1.29, 1.82) is 0 Å². The number of allylic oxidation sites excluding steroid dienone is 1. The molecule has 160 valence electrons. The monoisotopic (exact) mass is 473 g/mol. The van der Waals surface area contributed by atoms with Gasteiger partial charge in [-0.2, -0.15) is 0 Å². The van der Waals surface area contributed by atoms with Gasteiger partial charge in [0.1, 0.15) is 5.70 Å². The standard InChI is InChI=1S/C24H22Cl3N3O/c1-17-22(27)23(24(31)30(17)19-9-10-20(25)21(26)16-19)29-14-12-28(13-15-29)11-5-8-18-6-3-2-4-7-18/h2-10,16H,1,11-15H2/b8-5+. The van der Waals surface area contributed by atoms with Crippen molar-refractivity contribution in [1.82, 2.24) is 9.80 Å². The molecule has 2 aromatic carbocycles. The van der Waals surface area contributed by atoms with Gasteiger partial charge in [0.15, 0.2) is 0 Å². The Morgan fingerprint density at radius 1 is 0.935 bits per heavy atom. The molecule has 2 aromatic rings. The van der Waals surface area contributed by atoms with E-state index in [2.05, 4.69) is 35.8 Å². The van der Waals surface area contributed by atoms with Crippen molar-refractivity contribution in [2.45, 2.75) is 0 Å². The predicted octanol–water partition coefficient (Wildman–Crippen LogP) is 5.64. The highest BCUT2D eigenvalue weighted by Gasteiger charge is 2.38. The van der Waals surface area contributed by atoms with Crippen LogP contribution in [0.15, 0.2) is 77.6 Å². The Labute approximate surface area is 197 Å². The van der Waals surface area contributed by atoms with Crippen molar-refractivity contribution in [3.63, 3.8) is 0 Å². The number of carbonyl (C=O) groups excluding carboxylic acids is 1. The van der Waals surface area contributed by atoms with E-state index in [0.29, 0.717) is 32.2 Å². The minimum absolute atomic E-state index is 0.189. The van der Waals surface area contributed by atoms with E-state index in [-0.39, 0.29) is 5.91 Å². The van der Waals surface area contributed by atoms with E-state index >= 15 is 0 Å². The van der Waals surface area contributed by atoms with E-state index in [1.165, 1.54) is 10.5 Å². The summed E-state index contributed by atoms with van der Waals surface area (Å²) in [5.41, 5.74) is 2.74. The van der Waals surface area contributed by atoms with Gasteiger partial charge in [-0.25, -0.2) is 0 Å². The van der Waals surface area contributed by atoms with Crippen LogP contribution in [-0.4, -0.2) is 48.4 Å². The van der Waals surface area contributed by atoms with Crippen LogP contribution in [0.3, 0.4) is 0 Å². The van der Waals surface area contributed by atoms with Crippen LogP contribution in [-0.2, 0) is 4.79 Å². The molecule has 2 aliphatic heterocycles. The lowest BCUT2D eigenvalue weighted by Gasteiger charge is -2.35. The molecule has 0 spiro atoms. The van der Waals surface area contributed by atoms with Crippen LogP contribution in [0, 0.1) is 0 Å². The van der Waals surface area contributed by atoms with Crippen LogP contribution in [0.1, 0.15) is 5.56 Å². The predicted molar refractivity (Wildman–Crippen MR) is 129 cm³/mol. The van der Waals surface area contributed by atoms with Crippen LogP contribution in [0.4, 0.5) is 5.69 Å². The van der Waals surface area contributed by atoms with E-state index in [0.717, 1.165) is 32.7 Å². The molecule has 4 nitrogen and oxygen atoms in total. The van der Waals surface area contributed by atoms with E-state index in [9.17, 15) is 4.79 Å². The van der Waals surface area contributed by atoms with Crippen molar-refractivity contribution < 1.29 is 4.79 Å². The lowest BCUT2D eigenvalue weighted by molar-refractivity contribution is -0.115. The minimum atomic E-state index is -0.189. The summed E-state index contributed by atoms with van der Waals surface area (Å²) < 4.78 is 0. The Morgan fingerprint density at radius 3 is 2.32 bits per heavy atom. The second-order valence-electron chi connectivity index (χ2n) is 7.45. The first kappa shape index (κ1) is 22.0. The summed E-state index contributed by atoms with van der Waals surface area (Å²) in [6.07, 6.45) is 4.30. The van der Waals surface area contributed by atoms with Crippen LogP contribution < -0.4 is 4.90 Å². The van der Waals surface area contributed by atoms with Crippen LogP contribution in [0.2, 0.25) is 10.0 Å². The normalized spacial score (nSPS) is 18.0. The van der Waals surface area contributed by atoms with Gasteiger partial charge in [-0.05, 0) is 23.8 Å². The van der Waals surface area contributed by atoms with Gasteiger partial charge >= 0.3 is 0 Å². The number of hydrogen-bond donors (Lipinski definition) is 0. The SMILES string of the molecule is C=C1C(Cl)=C(N2CCN(C/C=C/c3ccccc3)CC2)C(=O)N1c1ccc(Cl)c(Cl)c1. The van der Waals surface area contributed by atoms with Crippen molar-refractivity contribution in [3.05, 3.63) is 93.2 Å². The topological polar surface area (TPSA) is 26.8 Å². The fraction of sp³-hybridized carbons (Fsp3) is 0.208. The highest BCUT2D eigenvalue weighted by Crippen LogP contribution is 2.38. The van der Waals surface area contributed by atoms with Gasteiger partial charge in [0, 0.05) is 32.7 Å². The molecule has 1 amide bonds. The summed E-state index contributed by atoms with van der Waals surface area (Å²) in [6.45, 7) is 8.02. The molecule has 0 aromatic heterocycles. The summed E-state index contributed by atoms with van der Waals surface area (Å²) in [7, 11) is 0. The Hall–Kier alpha value is -2.24. The minimum Gasteiger partial charge on any atom is -0.363 e. The molecule has 2 aliphatic rings. The number of carbonyl (C=O) groups is 1. The first-order chi connectivity index (χ1) is 15.0. The summed E-state index contributed by atoms with van der Waals surface area (Å²) in [5, 5.41) is 1.19. The van der Waals surface area contributed by atoms with Gasteiger partial charge < -0.3 is 4.90 Å². The average molecular weight is 475 g/mol. The third kappa shape index (κ3) is 4.68. The quantitative estimate of drug-likeness (QED) is 0.561.